The fraction of sp³-hybridized carbons (Fsp3) is 0.611. The van der Waals surface area contributed by atoms with Crippen molar-refractivity contribution in [2.45, 2.75) is 32.3 Å². The summed E-state index contributed by atoms with van der Waals surface area (Å²) in [5.41, 5.74) is 0.933. The maximum absolute atomic E-state index is 13.9. The highest BCUT2D eigenvalue weighted by Crippen LogP contribution is 2.29. The number of aliphatic hydroxyl groups excluding tert-OH is 1. The van der Waals surface area contributed by atoms with Gasteiger partial charge >= 0.3 is 0 Å². The largest absolute Gasteiger partial charge is 0.396 e. The Balaban J connectivity index is 1.64. The summed E-state index contributed by atoms with van der Waals surface area (Å²) in [6.45, 7) is 2.25. The summed E-state index contributed by atoms with van der Waals surface area (Å²) in [6, 6.07) is 4.48. The van der Waals surface area contributed by atoms with Crippen molar-refractivity contribution >= 4 is 5.91 Å². The second-order valence-electron chi connectivity index (χ2n) is 6.71. The van der Waals surface area contributed by atoms with Crippen LogP contribution in [0.1, 0.15) is 41.6 Å². The fourth-order valence-electron chi connectivity index (χ4n) is 3.02. The van der Waals surface area contributed by atoms with Crippen molar-refractivity contribution in [3.63, 3.8) is 0 Å². The molecule has 1 aliphatic carbocycles. The minimum absolute atomic E-state index is 0.0911. The lowest BCUT2D eigenvalue weighted by Gasteiger charge is -2.32. The highest BCUT2D eigenvalue weighted by molar-refractivity contribution is 5.94. The lowest BCUT2D eigenvalue weighted by atomic mass is 9.98. The normalized spacial score (nSPS) is 21.5. The molecule has 0 spiro atoms. The van der Waals surface area contributed by atoms with E-state index in [4.69, 9.17) is 4.74 Å². The first-order chi connectivity index (χ1) is 11.2. The molecule has 0 radical (unpaired) electrons. The topological polar surface area (TPSA) is 49.8 Å². The van der Waals surface area contributed by atoms with Crippen molar-refractivity contribution in [3.05, 3.63) is 35.1 Å². The number of likely N-dealkylation sites (tertiary alicyclic amines) is 1. The number of carbonyl (C=O) groups is 1. The molecule has 0 bridgehead atoms. The number of carbonyl (C=O) groups excluding carboxylic acids is 1. The average molecular weight is 321 g/mol. The van der Waals surface area contributed by atoms with E-state index in [1.807, 2.05) is 0 Å². The Bertz CT molecular complexity index is 559. The number of piperidine rings is 1. The first-order valence-corrected chi connectivity index (χ1v) is 8.43. The number of hydrogen-bond acceptors (Lipinski definition) is 3. The first kappa shape index (κ1) is 16.4. The van der Waals surface area contributed by atoms with Crippen LogP contribution in [-0.2, 0) is 11.3 Å². The molecule has 1 N–H and O–H groups in total. The van der Waals surface area contributed by atoms with Gasteiger partial charge in [-0.2, -0.15) is 0 Å². The SMILES string of the molecule is O=C(c1ccc(F)c(COCC2CC2)c1)N1CCCC(CO)C1. The summed E-state index contributed by atoms with van der Waals surface area (Å²) in [6.07, 6.45) is 4.24. The quantitative estimate of drug-likeness (QED) is 0.876. The van der Waals surface area contributed by atoms with Gasteiger partial charge in [0.05, 0.1) is 6.61 Å². The van der Waals surface area contributed by atoms with Crippen molar-refractivity contribution < 1.29 is 19.0 Å². The van der Waals surface area contributed by atoms with Crippen molar-refractivity contribution in [1.82, 2.24) is 4.90 Å². The monoisotopic (exact) mass is 321 g/mol. The lowest BCUT2D eigenvalue weighted by molar-refractivity contribution is 0.0620. The first-order valence-electron chi connectivity index (χ1n) is 8.43. The third-order valence-corrected chi connectivity index (χ3v) is 4.67. The van der Waals surface area contributed by atoms with Crippen molar-refractivity contribution in [2.24, 2.45) is 11.8 Å². The molecule has 1 atom stereocenters. The third-order valence-electron chi connectivity index (χ3n) is 4.67. The summed E-state index contributed by atoms with van der Waals surface area (Å²) in [4.78, 5) is 14.4. The second-order valence-corrected chi connectivity index (χ2v) is 6.71. The molecule has 2 aliphatic rings. The minimum Gasteiger partial charge on any atom is -0.396 e. The van der Waals surface area contributed by atoms with Gasteiger partial charge in [-0.15, -0.1) is 0 Å². The molecule has 1 aromatic carbocycles. The lowest BCUT2D eigenvalue weighted by Crippen LogP contribution is -2.41. The Morgan fingerprint density at radius 2 is 2.13 bits per heavy atom. The van der Waals surface area contributed by atoms with Gasteiger partial charge in [0.1, 0.15) is 5.82 Å². The Morgan fingerprint density at radius 3 is 2.87 bits per heavy atom. The zero-order valence-corrected chi connectivity index (χ0v) is 13.3. The van der Waals surface area contributed by atoms with Crippen molar-refractivity contribution in [2.75, 3.05) is 26.3 Å². The van der Waals surface area contributed by atoms with Crippen LogP contribution in [0.25, 0.3) is 0 Å². The Hall–Kier alpha value is -1.46. The van der Waals surface area contributed by atoms with Gasteiger partial charge in [-0.3, -0.25) is 4.79 Å². The summed E-state index contributed by atoms with van der Waals surface area (Å²) >= 11 is 0. The molecule has 1 aliphatic heterocycles. The summed E-state index contributed by atoms with van der Waals surface area (Å²) in [5, 5.41) is 9.28. The predicted octanol–water partition coefficient (Wildman–Crippen LogP) is 2.60. The van der Waals surface area contributed by atoms with Crippen LogP contribution < -0.4 is 0 Å². The number of amides is 1. The molecule has 0 aromatic heterocycles. The molecule has 5 heteroatoms. The van der Waals surface area contributed by atoms with Crippen LogP contribution in [0, 0.1) is 17.7 Å². The van der Waals surface area contributed by atoms with E-state index in [1.54, 1.807) is 11.0 Å². The molecule has 1 saturated carbocycles. The molecular weight excluding hydrogens is 297 g/mol. The molecule has 1 amide bonds. The van der Waals surface area contributed by atoms with E-state index in [-0.39, 0.29) is 30.9 Å². The van der Waals surface area contributed by atoms with Crippen LogP contribution in [0.5, 0.6) is 0 Å². The smallest absolute Gasteiger partial charge is 0.253 e. The summed E-state index contributed by atoms with van der Waals surface area (Å²) in [5.74, 6) is 0.358. The van der Waals surface area contributed by atoms with Crippen molar-refractivity contribution in [3.8, 4) is 0 Å². The molecule has 1 unspecified atom stereocenters. The Kier molecular flexibility index (Phi) is 5.28. The van der Waals surface area contributed by atoms with Gasteiger partial charge < -0.3 is 14.7 Å². The highest BCUT2D eigenvalue weighted by atomic mass is 19.1. The van der Waals surface area contributed by atoms with Crippen LogP contribution in [0.15, 0.2) is 18.2 Å². The van der Waals surface area contributed by atoms with Crippen molar-refractivity contribution in [1.29, 1.82) is 0 Å². The van der Waals surface area contributed by atoms with Gasteiger partial charge in [0, 0.05) is 37.4 Å². The van der Waals surface area contributed by atoms with E-state index < -0.39 is 0 Å². The standard InChI is InChI=1S/C18H24FNO3/c19-17-6-5-15(8-16(17)12-23-11-13-3-4-13)18(22)20-7-1-2-14(9-20)10-21/h5-6,8,13-14,21H,1-4,7,9-12H2. The van der Waals surface area contributed by atoms with Crippen LogP contribution in [0.3, 0.4) is 0 Å². The molecule has 126 valence electrons. The number of hydrogen-bond donors (Lipinski definition) is 1. The minimum atomic E-state index is -0.329. The average Bonchev–Trinajstić information content (AvgIpc) is 3.40. The molecule has 1 aromatic rings. The number of aliphatic hydroxyl groups is 1. The molecule has 1 heterocycles. The number of benzene rings is 1. The number of nitrogens with zero attached hydrogens (tertiary/aromatic N) is 1. The summed E-state index contributed by atoms with van der Waals surface area (Å²) in [7, 11) is 0. The summed E-state index contributed by atoms with van der Waals surface area (Å²) < 4.78 is 19.4. The van der Waals surface area contributed by atoms with Gasteiger partial charge in [0.25, 0.3) is 5.91 Å². The van der Waals surface area contributed by atoms with Gasteiger partial charge in [0.2, 0.25) is 0 Å². The molecular formula is C18H24FNO3. The maximum Gasteiger partial charge on any atom is 0.253 e. The van der Waals surface area contributed by atoms with Crippen LogP contribution in [0.2, 0.25) is 0 Å². The van der Waals surface area contributed by atoms with Gasteiger partial charge in [-0.05, 0) is 55.7 Å². The van der Waals surface area contributed by atoms with Crippen LogP contribution in [-0.4, -0.2) is 42.2 Å². The van der Waals surface area contributed by atoms with E-state index in [0.29, 0.717) is 36.7 Å². The maximum atomic E-state index is 13.9. The molecule has 1 saturated heterocycles. The van der Waals surface area contributed by atoms with E-state index >= 15 is 0 Å². The molecule has 2 fully saturated rings. The van der Waals surface area contributed by atoms with Gasteiger partial charge in [0.15, 0.2) is 0 Å². The van der Waals surface area contributed by atoms with E-state index in [1.165, 1.54) is 25.0 Å². The van der Waals surface area contributed by atoms with Crippen LogP contribution in [0.4, 0.5) is 4.39 Å². The molecule has 23 heavy (non-hydrogen) atoms. The molecule has 4 nitrogen and oxygen atoms in total. The number of ether oxygens (including phenoxy) is 1. The van der Waals surface area contributed by atoms with E-state index in [9.17, 15) is 14.3 Å². The second kappa shape index (κ2) is 7.41. The fourth-order valence-corrected chi connectivity index (χ4v) is 3.02. The Labute approximate surface area is 136 Å². The highest BCUT2D eigenvalue weighted by Gasteiger charge is 2.25. The number of halogens is 1. The van der Waals surface area contributed by atoms with E-state index in [2.05, 4.69) is 0 Å². The number of rotatable bonds is 6. The zero-order chi connectivity index (χ0) is 16.2. The molecule has 3 rings (SSSR count). The van der Waals surface area contributed by atoms with Gasteiger partial charge in [-0.25, -0.2) is 4.39 Å². The van der Waals surface area contributed by atoms with Gasteiger partial charge in [-0.1, -0.05) is 0 Å². The Morgan fingerprint density at radius 1 is 1.30 bits per heavy atom. The van der Waals surface area contributed by atoms with E-state index in [0.717, 1.165) is 12.8 Å². The van der Waals surface area contributed by atoms with Crippen LogP contribution >= 0.6 is 0 Å². The third kappa shape index (κ3) is 4.30. The zero-order valence-electron chi connectivity index (χ0n) is 13.3. The predicted molar refractivity (Wildman–Crippen MR) is 84.5 cm³/mol.